The molecule has 0 aromatic heterocycles. The molecule has 8 heteroatoms. The highest BCUT2D eigenvalue weighted by atomic mass is 79.9. The van der Waals surface area contributed by atoms with E-state index in [9.17, 15) is 19.2 Å². The number of ether oxygens (including phenoxy) is 2. The summed E-state index contributed by atoms with van der Waals surface area (Å²) >= 11 is 5.73. The van der Waals surface area contributed by atoms with Crippen molar-refractivity contribution in [1.29, 1.82) is 0 Å². The molecule has 110 valence electrons. The van der Waals surface area contributed by atoms with Crippen molar-refractivity contribution >= 4 is 55.4 Å². The first kappa shape index (κ1) is 20.6. The lowest BCUT2D eigenvalue weighted by molar-refractivity contribution is -0.144. The Morgan fingerprint density at radius 3 is 1.53 bits per heavy atom. The number of Topliss-reactive ketones (excluding diaryl/α,β-unsaturated/α-hetero) is 2. The Kier molecular flexibility index (Phi) is 12.0. The van der Waals surface area contributed by atoms with E-state index in [-0.39, 0.29) is 11.6 Å². The van der Waals surface area contributed by atoms with Crippen LogP contribution in [0.2, 0.25) is 0 Å². The standard InChI is InChI=1S/C6H9BrO3.C5H7BrO3/c1-3-10-6(9)5(7)4(2)8;1-3(7)4(6)5(8)9-2/h5H,3H2,1-2H3;4H,1-2H3. The van der Waals surface area contributed by atoms with Crippen molar-refractivity contribution in [3.63, 3.8) is 0 Å². The maximum absolute atomic E-state index is 10.7. The molecular formula is C11H16Br2O6. The van der Waals surface area contributed by atoms with Crippen LogP contribution in [0.15, 0.2) is 0 Å². The molecule has 0 saturated heterocycles. The number of hydrogen-bond acceptors (Lipinski definition) is 6. The number of hydrogen-bond donors (Lipinski definition) is 0. The van der Waals surface area contributed by atoms with Gasteiger partial charge in [0.2, 0.25) is 0 Å². The average molecular weight is 404 g/mol. The summed E-state index contributed by atoms with van der Waals surface area (Å²) in [6, 6.07) is 0. The lowest BCUT2D eigenvalue weighted by Gasteiger charge is -2.03. The molecule has 0 aromatic rings. The van der Waals surface area contributed by atoms with Gasteiger partial charge in [0.15, 0.2) is 21.2 Å². The highest BCUT2D eigenvalue weighted by molar-refractivity contribution is 9.10. The number of halogens is 2. The zero-order chi connectivity index (χ0) is 15.6. The Labute approximate surface area is 128 Å². The zero-order valence-electron chi connectivity index (χ0n) is 11.1. The summed E-state index contributed by atoms with van der Waals surface area (Å²) in [5.41, 5.74) is 0. The number of methoxy groups -OCH3 is 1. The van der Waals surface area contributed by atoms with Gasteiger partial charge in [0.05, 0.1) is 13.7 Å². The average Bonchev–Trinajstić information content (AvgIpc) is 2.36. The molecule has 0 saturated carbocycles. The van der Waals surface area contributed by atoms with Gasteiger partial charge in [-0.1, -0.05) is 31.9 Å². The smallest absolute Gasteiger partial charge is 0.327 e. The van der Waals surface area contributed by atoms with Gasteiger partial charge in [0, 0.05) is 0 Å². The first-order valence-electron chi connectivity index (χ1n) is 5.22. The first-order chi connectivity index (χ1) is 8.68. The van der Waals surface area contributed by atoms with Crippen LogP contribution in [0, 0.1) is 0 Å². The van der Waals surface area contributed by atoms with Crippen LogP contribution in [0.5, 0.6) is 0 Å². The maximum Gasteiger partial charge on any atom is 0.327 e. The lowest BCUT2D eigenvalue weighted by atomic mass is 10.3. The number of alkyl halides is 2. The summed E-state index contributed by atoms with van der Waals surface area (Å²) in [6.07, 6.45) is 0. The third-order valence-electron chi connectivity index (χ3n) is 1.62. The Morgan fingerprint density at radius 1 is 0.947 bits per heavy atom. The van der Waals surface area contributed by atoms with Gasteiger partial charge in [-0.05, 0) is 20.8 Å². The van der Waals surface area contributed by atoms with Gasteiger partial charge in [-0.2, -0.15) is 0 Å². The van der Waals surface area contributed by atoms with E-state index in [1.54, 1.807) is 6.92 Å². The number of ketones is 2. The second-order valence-electron chi connectivity index (χ2n) is 3.22. The molecule has 2 unspecified atom stereocenters. The van der Waals surface area contributed by atoms with Crippen LogP contribution in [0.4, 0.5) is 0 Å². The second kappa shape index (κ2) is 11.1. The quantitative estimate of drug-likeness (QED) is 0.392. The summed E-state index contributed by atoms with van der Waals surface area (Å²) in [5.74, 6) is -1.56. The Bertz CT molecular complexity index is 342. The molecule has 0 heterocycles. The SMILES string of the molecule is CCOC(=O)C(Br)C(C)=O.COC(=O)C(Br)C(C)=O. The number of esters is 2. The molecule has 0 aliphatic heterocycles. The first-order valence-corrected chi connectivity index (χ1v) is 7.05. The minimum atomic E-state index is -0.803. The normalized spacial score (nSPS) is 12.3. The molecule has 0 amide bonds. The van der Waals surface area contributed by atoms with Crippen LogP contribution >= 0.6 is 31.9 Å². The third kappa shape index (κ3) is 9.77. The molecule has 2 atom stereocenters. The summed E-state index contributed by atoms with van der Waals surface area (Å²) in [7, 11) is 1.24. The number of carbonyl (C=O) groups is 4. The molecule has 6 nitrogen and oxygen atoms in total. The van der Waals surface area contributed by atoms with Crippen LogP contribution in [0.3, 0.4) is 0 Å². The van der Waals surface area contributed by atoms with Gasteiger partial charge < -0.3 is 9.47 Å². The molecule has 0 fully saturated rings. The predicted octanol–water partition coefficient (Wildman–Crippen LogP) is 1.41. The van der Waals surface area contributed by atoms with Crippen LogP contribution in [-0.2, 0) is 28.7 Å². The van der Waals surface area contributed by atoms with Crippen molar-refractivity contribution in [3.8, 4) is 0 Å². The molecule has 0 aliphatic rings. The van der Waals surface area contributed by atoms with Crippen LogP contribution in [0.1, 0.15) is 20.8 Å². The van der Waals surface area contributed by atoms with E-state index in [4.69, 9.17) is 0 Å². The van der Waals surface area contributed by atoms with E-state index in [0.717, 1.165) is 0 Å². The zero-order valence-corrected chi connectivity index (χ0v) is 14.2. The summed E-state index contributed by atoms with van der Waals surface area (Å²) in [4.78, 5) is 40.5. The van der Waals surface area contributed by atoms with Gasteiger partial charge >= 0.3 is 11.9 Å². The van der Waals surface area contributed by atoms with Gasteiger partial charge in [-0.3, -0.25) is 19.2 Å². The fourth-order valence-electron chi connectivity index (χ4n) is 0.651. The van der Waals surface area contributed by atoms with Crippen molar-refractivity contribution in [2.45, 2.75) is 30.4 Å². The largest absolute Gasteiger partial charge is 0.468 e. The topological polar surface area (TPSA) is 86.7 Å². The van der Waals surface area contributed by atoms with E-state index in [1.807, 2.05) is 0 Å². The monoisotopic (exact) mass is 402 g/mol. The molecular weight excluding hydrogens is 388 g/mol. The summed E-state index contributed by atoms with van der Waals surface area (Å²) in [5, 5.41) is 0. The molecule has 0 N–H and O–H groups in total. The van der Waals surface area contributed by atoms with Crippen molar-refractivity contribution < 1.29 is 28.7 Å². The van der Waals surface area contributed by atoms with Crippen molar-refractivity contribution in [2.24, 2.45) is 0 Å². The van der Waals surface area contributed by atoms with E-state index in [0.29, 0.717) is 6.61 Å². The van der Waals surface area contributed by atoms with Gasteiger partial charge in [0.1, 0.15) is 0 Å². The summed E-state index contributed by atoms with van der Waals surface area (Å²) in [6.45, 7) is 4.64. The summed E-state index contributed by atoms with van der Waals surface area (Å²) < 4.78 is 8.82. The molecule has 0 radical (unpaired) electrons. The van der Waals surface area contributed by atoms with Crippen molar-refractivity contribution in [1.82, 2.24) is 0 Å². The van der Waals surface area contributed by atoms with E-state index in [1.165, 1.54) is 21.0 Å². The molecule has 0 spiro atoms. The fourth-order valence-corrected chi connectivity index (χ4v) is 0.970. The minimum absolute atomic E-state index is 0.238. The lowest BCUT2D eigenvalue weighted by Crippen LogP contribution is -2.23. The third-order valence-corrected chi connectivity index (χ3v) is 3.65. The molecule has 0 aromatic carbocycles. The Morgan fingerprint density at radius 2 is 1.32 bits per heavy atom. The maximum atomic E-state index is 10.7. The minimum Gasteiger partial charge on any atom is -0.468 e. The predicted molar refractivity (Wildman–Crippen MR) is 75.4 cm³/mol. The molecule has 19 heavy (non-hydrogen) atoms. The van der Waals surface area contributed by atoms with Crippen LogP contribution < -0.4 is 0 Å². The Hall–Kier alpha value is -0.760. The van der Waals surface area contributed by atoms with E-state index in [2.05, 4.69) is 41.3 Å². The second-order valence-corrected chi connectivity index (χ2v) is 5.05. The van der Waals surface area contributed by atoms with E-state index < -0.39 is 21.6 Å². The number of rotatable bonds is 5. The van der Waals surface area contributed by atoms with Crippen LogP contribution in [-0.4, -0.2) is 46.9 Å². The van der Waals surface area contributed by atoms with E-state index >= 15 is 0 Å². The number of carbonyl (C=O) groups excluding carboxylic acids is 4. The molecule has 0 rings (SSSR count). The Balaban J connectivity index is 0. The molecule has 0 bridgehead atoms. The van der Waals surface area contributed by atoms with Crippen LogP contribution in [0.25, 0.3) is 0 Å². The van der Waals surface area contributed by atoms with Crippen molar-refractivity contribution in [3.05, 3.63) is 0 Å². The van der Waals surface area contributed by atoms with Gasteiger partial charge in [0.25, 0.3) is 0 Å². The highest BCUT2D eigenvalue weighted by Crippen LogP contribution is 2.03. The van der Waals surface area contributed by atoms with Crippen molar-refractivity contribution in [2.75, 3.05) is 13.7 Å². The highest BCUT2D eigenvalue weighted by Gasteiger charge is 2.20. The fraction of sp³-hybridized carbons (Fsp3) is 0.636. The molecule has 0 aliphatic carbocycles. The van der Waals surface area contributed by atoms with Gasteiger partial charge in [-0.15, -0.1) is 0 Å². The van der Waals surface area contributed by atoms with Gasteiger partial charge in [-0.25, -0.2) is 0 Å².